The number of rotatable bonds is 3. The Kier molecular flexibility index (Phi) is 5.00. The van der Waals surface area contributed by atoms with Crippen molar-refractivity contribution in [2.45, 2.75) is 25.1 Å². The number of carbonyl (C=O) groups excluding carboxylic acids is 1. The molecule has 1 atom stereocenters. The number of carbonyl (C=O) groups is 1. The molecule has 7 heteroatoms. The molecule has 0 unspecified atom stereocenters. The second kappa shape index (κ2) is 7.07. The molecule has 1 aliphatic heterocycles. The first-order valence-corrected chi connectivity index (χ1v) is 8.20. The fourth-order valence-corrected chi connectivity index (χ4v) is 3.18. The lowest BCUT2D eigenvalue weighted by Gasteiger charge is -2.23. The van der Waals surface area contributed by atoms with Gasteiger partial charge in [0.15, 0.2) is 0 Å². The Morgan fingerprint density at radius 1 is 1.15 bits per heavy atom. The molecule has 0 bridgehead atoms. The first-order chi connectivity index (χ1) is 12.3. The molecule has 0 spiro atoms. The average molecular weight is 367 g/mol. The van der Waals surface area contributed by atoms with Crippen molar-refractivity contribution in [2.75, 3.05) is 13.2 Å². The predicted octanol–water partition coefficient (Wildman–Crippen LogP) is 4.11. The highest BCUT2D eigenvalue weighted by molar-refractivity contribution is 5.95. The molecule has 3 nitrogen and oxygen atoms in total. The van der Waals surface area contributed by atoms with Gasteiger partial charge in [-0.3, -0.25) is 4.79 Å². The minimum atomic E-state index is -4.45. The van der Waals surface area contributed by atoms with E-state index < -0.39 is 17.6 Å². The highest BCUT2D eigenvalue weighted by Crippen LogP contribution is 2.32. The van der Waals surface area contributed by atoms with Crippen LogP contribution >= 0.6 is 0 Å². The predicted molar refractivity (Wildman–Crippen MR) is 88.0 cm³/mol. The second-order valence-corrected chi connectivity index (χ2v) is 6.25. The molecule has 138 valence electrons. The summed E-state index contributed by atoms with van der Waals surface area (Å²) >= 11 is 0. The van der Waals surface area contributed by atoms with Crippen molar-refractivity contribution >= 4 is 5.91 Å². The van der Waals surface area contributed by atoms with Gasteiger partial charge < -0.3 is 10.0 Å². The number of hydrogen-bond acceptors (Lipinski definition) is 2. The largest absolute Gasteiger partial charge is 0.416 e. The summed E-state index contributed by atoms with van der Waals surface area (Å²) in [6.45, 7) is 0.365. The Bertz CT molecular complexity index is 802. The lowest BCUT2D eigenvalue weighted by molar-refractivity contribution is -0.137. The molecule has 3 rings (SSSR count). The number of halogens is 4. The molecule has 1 N–H and O–H groups in total. The average Bonchev–Trinajstić information content (AvgIpc) is 3.09. The minimum Gasteiger partial charge on any atom is -0.394 e. The molecular formula is C19H17F4NO2. The van der Waals surface area contributed by atoms with E-state index in [1.165, 1.54) is 29.2 Å². The quantitative estimate of drug-likeness (QED) is 0.830. The molecule has 0 aromatic heterocycles. The Hall–Kier alpha value is -2.41. The van der Waals surface area contributed by atoms with E-state index in [9.17, 15) is 27.5 Å². The maximum atomic E-state index is 14.5. The Morgan fingerprint density at radius 2 is 1.85 bits per heavy atom. The molecule has 0 saturated carbocycles. The summed E-state index contributed by atoms with van der Waals surface area (Å²) in [6.07, 6.45) is -2.97. The monoisotopic (exact) mass is 367 g/mol. The molecule has 2 aromatic carbocycles. The summed E-state index contributed by atoms with van der Waals surface area (Å²) in [5.41, 5.74) is -0.240. The first kappa shape index (κ1) is 18.4. The summed E-state index contributed by atoms with van der Waals surface area (Å²) in [6, 6.07) is 7.84. The third-order valence-electron chi connectivity index (χ3n) is 4.59. The summed E-state index contributed by atoms with van der Waals surface area (Å²) in [5.74, 6) is -1.05. The third-order valence-corrected chi connectivity index (χ3v) is 4.59. The van der Waals surface area contributed by atoms with Gasteiger partial charge in [-0.15, -0.1) is 0 Å². The zero-order valence-electron chi connectivity index (χ0n) is 13.8. The van der Waals surface area contributed by atoms with Crippen LogP contribution in [-0.4, -0.2) is 35.1 Å². The van der Waals surface area contributed by atoms with E-state index in [1.54, 1.807) is 0 Å². The number of likely N-dealkylation sites (tertiary alicyclic amines) is 1. The third kappa shape index (κ3) is 3.58. The van der Waals surface area contributed by atoms with Crippen molar-refractivity contribution in [3.63, 3.8) is 0 Å². The summed E-state index contributed by atoms with van der Waals surface area (Å²) in [7, 11) is 0. The molecule has 1 fully saturated rings. The molecule has 1 amide bonds. The van der Waals surface area contributed by atoms with Crippen LogP contribution in [0.25, 0.3) is 11.1 Å². The fraction of sp³-hybridized carbons (Fsp3) is 0.316. The van der Waals surface area contributed by atoms with Crippen LogP contribution in [0.2, 0.25) is 0 Å². The maximum absolute atomic E-state index is 14.5. The lowest BCUT2D eigenvalue weighted by atomic mass is 10.0. The van der Waals surface area contributed by atoms with Gasteiger partial charge in [-0.25, -0.2) is 4.39 Å². The van der Waals surface area contributed by atoms with Crippen molar-refractivity contribution < 1.29 is 27.5 Å². The van der Waals surface area contributed by atoms with Gasteiger partial charge in [0.2, 0.25) is 0 Å². The SMILES string of the molecule is O=C(c1ccc(-c2ccc(C(F)(F)F)cc2)c(F)c1)N1CCC[C@H]1CO. The van der Waals surface area contributed by atoms with Gasteiger partial charge >= 0.3 is 6.18 Å². The number of nitrogens with zero attached hydrogens (tertiary/aromatic N) is 1. The van der Waals surface area contributed by atoms with Crippen LogP contribution in [0.4, 0.5) is 17.6 Å². The Labute approximate surface area is 147 Å². The molecule has 0 aliphatic carbocycles. The van der Waals surface area contributed by atoms with Crippen molar-refractivity contribution in [3.05, 3.63) is 59.4 Å². The fourth-order valence-electron chi connectivity index (χ4n) is 3.18. The number of hydrogen-bond donors (Lipinski definition) is 1. The van der Waals surface area contributed by atoms with Crippen molar-refractivity contribution in [1.29, 1.82) is 0 Å². The zero-order valence-corrected chi connectivity index (χ0v) is 13.8. The van der Waals surface area contributed by atoms with Gasteiger partial charge in [-0.05, 0) is 42.7 Å². The van der Waals surface area contributed by atoms with E-state index in [1.807, 2.05) is 0 Å². The van der Waals surface area contributed by atoms with Gasteiger partial charge in [-0.2, -0.15) is 13.2 Å². The summed E-state index contributed by atoms with van der Waals surface area (Å²) < 4.78 is 52.3. The second-order valence-electron chi connectivity index (χ2n) is 6.25. The van der Waals surface area contributed by atoms with Crippen molar-refractivity contribution in [2.24, 2.45) is 0 Å². The van der Waals surface area contributed by atoms with Crippen LogP contribution in [0.5, 0.6) is 0 Å². The summed E-state index contributed by atoms with van der Waals surface area (Å²) in [5, 5.41) is 9.31. The lowest BCUT2D eigenvalue weighted by Crippen LogP contribution is -2.37. The van der Waals surface area contributed by atoms with E-state index in [2.05, 4.69) is 0 Å². The smallest absolute Gasteiger partial charge is 0.394 e. The normalized spacial score (nSPS) is 17.6. The Morgan fingerprint density at radius 3 is 2.42 bits per heavy atom. The van der Waals surface area contributed by atoms with Gasteiger partial charge in [-0.1, -0.05) is 18.2 Å². The molecular weight excluding hydrogens is 350 g/mol. The standard InChI is InChI=1S/C19H17F4NO2/c20-17-10-13(18(26)24-9-1-2-15(24)11-25)5-8-16(17)12-3-6-14(7-4-12)19(21,22)23/h3-8,10,15,25H,1-2,9,11H2/t15-/m0/s1. The topological polar surface area (TPSA) is 40.5 Å². The van der Waals surface area contributed by atoms with Crippen LogP contribution in [0.15, 0.2) is 42.5 Å². The molecule has 1 aliphatic rings. The molecule has 26 heavy (non-hydrogen) atoms. The van der Waals surface area contributed by atoms with E-state index in [0.29, 0.717) is 18.5 Å². The van der Waals surface area contributed by atoms with E-state index in [4.69, 9.17) is 0 Å². The van der Waals surface area contributed by atoms with E-state index in [-0.39, 0.29) is 29.7 Å². The molecule has 2 aromatic rings. The number of amides is 1. The summed E-state index contributed by atoms with van der Waals surface area (Å²) in [4.78, 5) is 14.0. The highest BCUT2D eigenvalue weighted by atomic mass is 19.4. The molecule has 1 saturated heterocycles. The van der Waals surface area contributed by atoms with Crippen LogP contribution < -0.4 is 0 Å². The van der Waals surface area contributed by atoms with Crippen molar-refractivity contribution in [3.8, 4) is 11.1 Å². The Balaban J connectivity index is 1.85. The van der Waals surface area contributed by atoms with Crippen LogP contribution in [0.3, 0.4) is 0 Å². The van der Waals surface area contributed by atoms with Crippen LogP contribution in [0.1, 0.15) is 28.8 Å². The minimum absolute atomic E-state index is 0.121. The number of aliphatic hydroxyl groups excluding tert-OH is 1. The van der Waals surface area contributed by atoms with Gasteiger partial charge in [0.25, 0.3) is 5.91 Å². The van der Waals surface area contributed by atoms with Gasteiger partial charge in [0, 0.05) is 17.7 Å². The van der Waals surface area contributed by atoms with Crippen molar-refractivity contribution in [1.82, 2.24) is 4.90 Å². The first-order valence-electron chi connectivity index (χ1n) is 8.20. The number of alkyl halides is 3. The zero-order chi connectivity index (χ0) is 18.9. The van der Waals surface area contributed by atoms with Crippen LogP contribution in [0, 0.1) is 5.82 Å². The number of benzene rings is 2. The molecule has 1 heterocycles. The highest BCUT2D eigenvalue weighted by Gasteiger charge is 2.31. The maximum Gasteiger partial charge on any atom is 0.416 e. The van der Waals surface area contributed by atoms with Gasteiger partial charge in [0.1, 0.15) is 5.82 Å². The van der Waals surface area contributed by atoms with E-state index in [0.717, 1.165) is 24.6 Å². The molecule has 0 radical (unpaired) electrons. The van der Waals surface area contributed by atoms with Crippen LogP contribution in [-0.2, 0) is 6.18 Å². The van der Waals surface area contributed by atoms with E-state index >= 15 is 0 Å². The number of aliphatic hydroxyl groups is 1. The van der Waals surface area contributed by atoms with Gasteiger partial charge in [0.05, 0.1) is 18.2 Å².